The Hall–Kier alpha value is -3.39. The third-order valence-electron chi connectivity index (χ3n) is 4.24. The molecule has 0 radical (unpaired) electrons. The van der Waals surface area contributed by atoms with E-state index in [2.05, 4.69) is 10.0 Å². The van der Waals surface area contributed by atoms with Gasteiger partial charge >= 0.3 is 0 Å². The number of hydrogen-bond donors (Lipinski definition) is 2. The lowest BCUT2D eigenvalue weighted by atomic mass is 10.1. The van der Waals surface area contributed by atoms with Crippen LogP contribution in [0.1, 0.15) is 15.9 Å². The van der Waals surface area contributed by atoms with Crippen molar-refractivity contribution in [1.29, 1.82) is 0 Å². The summed E-state index contributed by atoms with van der Waals surface area (Å²) in [5, 5.41) is 2.68. The van der Waals surface area contributed by atoms with Crippen molar-refractivity contribution in [1.82, 2.24) is 5.32 Å². The topological polar surface area (TPSA) is 84.5 Å². The standard InChI is InChI=1S/C22H21FN2O4S/c1-16-7-8-17(15-21(16)30(27,28)25-19-5-3-2-4-6-19)22(26)24-13-14-29-20-11-9-18(23)10-12-20/h2-12,15,25H,13-14H2,1H3,(H,24,26). The molecule has 0 aromatic heterocycles. The predicted molar refractivity (Wildman–Crippen MR) is 113 cm³/mol. The maximum Gasteiger partial charge on any atom is 0.262 e. The zero-order chi connectivity index (χ0) is 21.6. The Labute approximate surface area is 174 Å². The minimum Gasteiger partial charge on any atom is -0.492 e. The number of hydrogen-bond acceptors (Lipinski definition) is 4. The van der Waals surface area contributed by atoms with Crippen molar-refractivity contribution in [3.8, 4) is 5.75 Å². The van der Waals surface area contributed by atoms with Crippen LogP contribution in [0.2, 0.25) is 0 Å². The highest BCUT2D eigenvalue weighted by Crippen LogP contribution is 2.21. The maximum absolute atomic E-state index is 12.9. The number of halogens is 1. The number of benzene rings is 3. The summed E-state index contributed by atoms with van der Waals surface area (Å²) in [6.45, 7) is 2.05. The molecule has 3 rings (SSSR count). The van der Waals surface area contributed by atoms with E-state index in [4.69, 9.17) is 4.74 Å². The van der Waals surface area contributed by atoms with Gasteiger partial charge in [-0.1, -0.05) is 24.3 Å². The van der Waals surface area contributed by atoms with Crippen molar-refractivity contribution in [3.63, 3.8) is 0 Å². The Morgan fingerprint density at radius 2 is 1.70 bits per heavy atom. The summed E-state index contributed by atoms with van der Waals surface area (Å²) in [5.41, 5.74) is 1.18. The normalized spacial score (nSPS) is 11.0. The number of para-hydroxylation sites is 1. The summed E-state index contributed by atoms with van der Waals surface area (Å²) in [6, 6.07) is 18.6. The molecule has 2 N–H and O–H groups in total. The maximum atomic E-state index is 12.9. The number of carbonyl (C=O) groups is 1. The van der Waals surface area contributed by atoms with Gasteiger partial charge in [-0.05, 0) is 61.0 Å². The molecule has 0 saturated carbocycles. The molecule has 0 aliphatic carbocycles. The van der Waals surface area contributed by atoms with E-state index >= 15 is 0 Å². The van der Waals surface area contributed by atoms with Gasteiger partial charge in [-0.25, -0.2) is 12.8 Å². The highest BCUT2D eigenvalue weighted by Gasteiger charge is 2.19. The van der Waals surface area contributed by atoms with Crippen LogP contribution in [0.4, 0.5) is 10.1 Å². The van der Waals surface area contributed by atoms with E-state index in [1.807, 2.05) is 0 Å². The molecule has 3 aromatic carbocycles. The fourth-order valence-corrected chi connectivity index (χ4v) is 4.04. The van der Waals surface area contributed by atoms with Crippen LogP contribution < -0.4 is 14.8 Å². The molecule has 0 heterocycles. The minimum absolute atomic E-state index is 0.0292. The van der Waals surface area contributed by atoms with Crippen LogP contribution in [0, 0.1) is 12.7 Å². The molecule has 0 fully saturated rings. The monoisotopic (exact) mass is 428 g/mol. The first-order valence-electron chi connectivity index (χ1n) is 9.20. The number of anilines is 1. The summed E-state index contributed by atoms with van der Waals surface area (Å²) >= 11 is 0. The number of nitrogens with one attached hydrogen (secondary N) is 2. The van der Waals surface area contributed by atoms with Crippen molar-refractivity contribution < 1.29 is 22.3 Å². The van der Waals surface area contributed by atoms with Crippen LogP contribution in [0.3, 0.4) is 0 Å². The molecule has 3 aromatic rings. The van der Waals surface area contributed by atoms with Gasteiger partial charge < -0.3 is 10.1 Å². The molecule has 8 heteroatoms. The van der Waals surface area contributed by atoms with Gasteiger partial charge in [-0.2, -0.15) is 0 Å². The molecular formula is C22H21FN2O4S. The number of ether oxygens (including phenoxy) is 1. The quantitative estimate of drug-likeness (QED) is 0.536. The highest BCUT2D eigenvalue weighted by molar-refractivity contribution is 7.92. The van der Waals surface area contributed by atoms with Gasteiger partial charge in [0.05, 0.1) is 11.4 Å². The molecule has 0 spiro atoms. The average Bonchev–Trinajstić information content (AvgIpc) is 2.73. The first-order chi connectivity index (χ1) is 14.3. The van der Waals surface area contributed by atoms with Crippen molar-refractivity contribution in [2.24, 2.45) is 0 Å². The van der Waals surface area contributed by atoms with Gasteiger partial charge in [0.1, 0.15) is 18.2 Å². The molecule has 0 atom stereocenters. The van der Waals surface area contributed by atoms with Crippen molar-refractivity contribution >= 4 is 21.6 Å². The van der Waals surface area contributed by atoms with Crippen LogP contribution in [0.25, 0.3) is 0 Å². The van der Waals surface area contributed by atoms with Crippen LogP contribution in [0.5, 0.6) is 5.75 Å². The highest BCUT2D eigenvalue weighted by atomic mass is 32.2. The SMILES string of the molecule is Cc1ccc(C(=O)NCCOc2ccc(F)cc2)cc1S(=O)(=O)Nc1ccccc1. The lowest BCUT2D eigenvalue weighted by molar-refractivity contribution is 0.0947. The minimum atomic E-state index is -3.85. The number of aryl methyl sites for hydroxylation is 1. The zero-order valence-electron chi connectivity index (χ0n) is 16.3. The Kier molecular flexibility index (Phi) is 6.68. The Bertz CT molecular complexity index is 1120. The smallest absolute Gasteiger partial charge is 0.262 e. The predicted octanol–water partition coefficient (Wildman–Crippen LogP) is 3.74. The molecule has 0 bridgehead atoms. The fourth-order valence-electron chi connectivity index (χ4n) is 2.71. The van der Waals surface area contributed by atoms with E-state index in [1.165, 1.54) is 30.3 Å². The zero-order valence-corrected chi connectivity index (χ0v) is 17.1. The third-order valence-corrected chi connectivity index (χ3v) is 5.76. The molecule has 0 aliphatic rings. The van der Waals surface area contributed by atoms with Gasteiger partial charge in [0.2, 0.25) is 0 Å². The van der Waals surface area contributed by atoms with Crippen LogP contribution >= 0.6 is 0 Å². The van der Waals surface area contributed by atoms with E-state index in [0.717, 1.165) is 0 Å². The van der Waals surface area contributed by atoms with E-state index in [1.54, 1.807) is 49.4 Å². The largest absolute Gasteiger partial charge is 0.492 e. The molecule has 1 amide bonds. The lowest BCUT2D eigenvalue weighted by Crippen LogP contribution is -2.28. The first-order valence-corrected chi connectivity index (χ1v) is 10.7. The molecule has 30 heavy (non-hydrogen) atoms. The Morgan fingerprint density at radius 3 is 2.40 bits per heavy atom. The summed E-state index contributed by atoms with van der Waals surface area (Å²) in [6.07, 6.45) is 0. The van der Waals surface area contributed by atoms with E-state index < -0.39 is 15.9 Å². The number of sulfonamides is 1. The molecule has 0 saturated heterocycles. The molecule has 156 valence electrons. The second kappa shape index (κ2) is 9.41. The number of carbonyl (C=O) groups excluding carboxylic acids is 1. The Morgan fingerprint density at radius 1 is 1.00 bits per heavy atom. The van der Waals surface area contributed by atoms with Crippen LogP contribution in [-0.4, -0.2) is 27.5 Å². The van der Waals surface area contributed by atoms with Gasteiger partial charge in [0, 0.05) is 11.3 Å². The van der Waals surface area contributed by atoms with E-state index in [9.17, 15) is 17.6 Å². The average molecular weight is 428 g/mol. The van der Waals surface area contributed by atoms with Crippen molar-refractivity contribution in [2.75, 3.05) is 17.9 Å². The van der Waals surface area contributed by atoms with Crippen molar-refractivity contribution in [3.05, 3.63) is 89.7 Å². The second-order valence-electron chi connectivity index (χ2n) is 6.51. The van der Waals surface area contributed by atoms with Crippen LogP contribution in [-0.2, 0) is 10.0 Å². The Balaban J connectivity index is 1.63. The van der Waals surface area contributed by atoms with Crippen molar-refractivity contribution in [2.45, 2.75) is 11.8 Å². The summed E-state index contributed by atoms with van der Waals surface area (Å²) in [7, 11) is -3.85. The van der Waals surface area contributed by atoms with Gasteiger partial charge in [0.15, 0.2) is 0 Å². The lowest BCUT2D eigenvalue weighted by Gasteiger charge is -2.12. The van der Waals surface area contributed by atoms with E-state index in [-0.39, 0.29) is 29.4 Å². The fraction of sp³-hybridized carbons (Fsp3) is 0.136. The second-order valence-corrected chi connectivity index (χ2v) is 8.16. The van der Waals surface area contributed by atoms with Gasteiger partial charge in [-0.3, -0.25) is 9.52 Å². The summed E-state index contributed by atoms with van der Waals surface area (Å²) in [4.78, 5) is 12.4. The third kappa shape index (κ3) is 5.57. The van der Waals surface area contributed by atoms with Gasteiger partial charge in [0.25, 0.3) is 15.9 Å². The number of rotatable bonds is 8. The summed E-state index contributed by atoms with van der Waals surface area (Å²) < 4.78 is 46.3. The molecule has 0 unspecified atom stereocenters. The van der Waals surface area contributed by atoms with Crippen LogP contribution in [0.15, 0.2) is 77.7 Å². The van der Waals surface area contributed by atoms with Gasteiger partial charge in [-0.15, -0.1) is 0 Å². The van der Waals surface area contributed by atoms with E-state index in [0.29, 0.717) is 17.0 Å². The summed E-state index contributed by atoms with van der Waals surface area (Å²) in [5.74, 6) is -0.294. The number of amides is 1. The molecule has 0 aliphatic heterocycles. The molecule has 6 nitrogen and oxygen atoms in total. The molecular weight excluding hydrogens is 407 g/mol. The first kappa shape index (κ1) is 21.3.